The lowest BCUT2D eigenvalue weighted by molar-refractivity contribution is -0.133. The first kappa shape index (κ1) is 18.6. The molecule has 2 aromatic rings. The number of hydrogen-bond donors (Lipinski definition) is 1. The van der Waals surface area contributed by atoms with Gasteiger partial charge in [-0.05, 0) is 49.2 Å². The monoisotopic (exact) mass is 400 g/mol. The van der Waals surface area contributed by atoms with Crippen molar-refractivity contribution in [1.29, 1.82) is 0 Å². The summed E-state index contributed by atoms with van der Waals surface area (Å²) in [5.41, 5.74) is 1.42. The number of rotatable bonds is 4. The summed E-state index contributed by atoms with van der Waals surface area (Å²) in [5, 5.41) is 3.50. The van der Waals surface area contributed by atoms with Gasteiger partial charge in [-0.1, -0.05) is 11.6 Å². The number of nitrogens with one attached hydrogen (secondary N) is 1. The Bertz CT molecular complexity index is 899. The number of hydrogen-bond acceptors (Lipinski definition) is 4. The van der Waals surface area contributed by atoms with Crippen LogP contribution in [0, 0.1) is 5.92 Å². The number of piperidine rings is 1. The average molecular weight is 401 g/mol. The molecule has 2 aliphatic rings. The summed E-state index contributed by atoms with van der Waals surface area (Å²) in [6, 6.07) is 8.98. The van der Waals surface area contributed by atoms with Crippen LogP contribution < -0.4 is 10.1 Å². The number of carbonyl (C=O) groups excluding carboxylic acids is 2. The van der Waals surface area contributed by atoms with Gasteiger partial charge in [0.15, 0.2) is 0 Å². The first-order valence-corrected chi connectivity index (χ1v) is 9.70. The highest BCUT2D eigenvalue weighted by molar-refractivity contribution is 6.30. The largest absolute Gasteiger partial charge is 0.488 e. The molecule has 1 fully saturated rings. The van der Waals surface area contributed by atoms with E-state index in [-0.39, 0.29) is 24.3 Å². The van der Waals surface area contributed by atoms with E-state index < -0.39 is 0 Å². The van der Waals surface area contributed by atoms with E-state index in [0.717, 1.165) is 17.1 Å². The molecular formula is C21H21ClN2O4. The zero-order valence-corrected chi connectivity index (χ0v) is 16.1. The molecule has 0 unspecified atom stereocenters. The van der Waals surface area contributed by atoms with Crippen LogP contribution in [0.3, 0.4) is 0 Å². The van der Waals surface area contributed by atoms with Crippen LogP contribution in [0.25, 0.3) is 6.08 Å². The van der Waals surface area contributed by atoms with Crippen LogP contribution in [0.4, 0.5) is 0 Å². The van der Waals surface area contributed by atoms with Gasteiger partial charge in [-0.25, -0.2) is 0 Å². The smallest absolute Gasteiger partial charge is 0.253 e. The molecule has 2 amide bonds. The van der Waals surface area contributed by atoms with Gasteiger partial charge >= 0.3 is 0 Å². The molecule has 0 radical (unpaired) electrons. The van der Waals surface area contributed by atoms with Crippen molar-refractivity contribution in [3.8, 4) is 5.75 Å². The van der Waals surface area contributed by atoms with E-state index in [1.807, 2.05) is 18.2 Å². The first-order valence-electron chi connectivity index (χ1n) is 9.32. The number of carbonyl (C=O) groups is 2. The third kappa shape index (κ3) is 4.07. The Morgan fingerprint density at radius 3 is 2.79 bits per heavy atom. The summed E-state index contributed by atoms with van der Waals surface area (Å²) in [6.45, 7) is 1.74. The van der Waals surface area contributed by atoms with Gasteiger partial charge in [0.2, 0.25) is 5.91 Å². The molecule has 0 aliphatic carbocycles. The van der Waals surface area contributed by atoms with Crippen LogP contribution in [0.1, 0.15) is 24.2 Å². The number of nitrogens with zero attached hydrogens (tertiary/aromatic N) is 1. The second-order valence-corrected chi connectivity index (χ2v) is 7.44. The summed E-state index contributed by atoms with van der Waals surface area (Å²) in [4.78, 5) is 27.0. The minimum Gasteiger partial charge on any atom is -0.488 e. The van der Waals surface area contributed by atoms with Crippen LogP contribution in [-0.2, 0) is 16.1 Å². The van der Waals surface area contributed by atoms with E-state index >= 15 is 0 Å². The Hall–Kier alpha value is -2.73. The summed E-state index contributed by atoms with van der Waals surface area (Å²) in [5.74, 6) is 1.33. The average Bonchev–Trinajstić information content (AvgIpc) is 3.24. The molecule has 1 aromatic heterocycles. The van der Waals surface area contributed by atoms with Crippen LogP contribution in [0.2, 0.25) is 5.02 Å². The maximum Gasteiger partial charge on any atom is 0.253 e. The highest BCUT2D eigenvalue weighted by Gasteiger charge is 2.29. The lowest BCUT2D eigenvalue weighted by Crippen LogP contribution is -2.44. The van der Waals surface area contributed by atoms with Crippen molar-refractivity contribution in [3.63, 3.8) is 0 Å². The van der Waals surface area contributed by atoms with E-state index in [4.69, 9.17) is 20.8 Å². The standard InChI is InChI=1S/C21H21ClN2O4/c22-17-3-4-19-15(11-17)10-16(13-28-19)21(26)24-7-5-14(6-8-24)20(25)23-12-18-2-1-9-27-18/h1-4,9-11,14H,5-8,12-13H2,(H,23,25). The van der Waals surface area contributed by atoms with Gasteiger partial charge in [0.05, 0.1) is 18.4 Å². The van der Waals surface area contributed by atoms with Crippen molar-refractivity contribution in [2.75, 3.05) is 19.7 Å². The van der Waals surface area contributed by atoms with Crippen LogP contribution in [-0.4, -0.2) is 36.4 Å². The molecule has 1 N–H and O–H groups in total. The van der Waals surface area contributed by atoms with Gasteiger partial charge in [-0.2, -0.15) is 0 Å². The summed E-state index contributed by atoms with van der Waals surface area (Å²) in [7, 11) is 0. The van der Waals surface area contributed by atoms with E-state index in [2.05, 4.69) is 5.32 Å². The molecule has 4 rings (SSSR count). The molecule has 3 heterocycles. The van der Waals surface area contributed by atoms with E-state index in [9.17, 15) is 9.59 Å². The highest BCUT2D eigenvalue weighted by Crippen LogP contribution is 2.30. The predicted octanol–water partition coefficient (Wildman–Crippen LogP) is 3.26. The third-order valence-electron chi connectivity index (χ3n) is 5.13. The maximum atomic E-state index is 12.8. The molecular weight excluding hydrogens is 380 g/mol. The van der Waals surface area contributed by atoms with Gasteiger partial charge in [-0.3, -0.25) is 9.59 Å². The van der Waals surface area contributed by atoms with Crippen LogP contribution in [0.5, 0.6) is 5.75 Å². The minimum absolute atomic E-state index is 0.00674. The van der Waals surface area contributed by atoms with Gasteiger partial charge in [0.25, 0.3) is 5.91 Å². The second kappa shape index (κ2) is 8.10. The second-order valence-electron chi connectivity index (χ2n) is 7.00. The molecule has 2 aliphatic heterocycles. The van der Waals surface area contributed by atoms with Gasteiger partial charge in [-0.15, -0.1) is 0 Å². The van der Waals surface area contributed by atoms with Crippen LogP contribution >= 0.6 is 11.6 Å². The third-order valence-corrected chi connectivity index (χ3v) is 5.36. The van der Waals surface area contributed by atoms with Crippen molar-refractivity contribution < 1.29 is 18.7 Å². The van der Waals surface area contributed by atoms with Crippen LogP contribution in [0.15, 0.2) is 46.6 Å². The molecule has 28 heavy (non-hydrogen) atoms. The Morgan fingerprint density at radius 1 is 1.21 bits per heavy atom. The lowest BCUT2D eigenvalue weighted by Gasteiger charge is -2.32. The van der Waals surface area contributed by atoms with E-state index in [1.165, 1.54) is 0 Å². The summed E-state index contributed by atoms with van der Waals surface area (Å²) < 4.78 is 10.9. The molecule has 0 saturated carbocycles. The molecule has 6 nitrogen and oxygen atoms in total. The minimum atomic E-state index is -0.0878. The Morgan fingerprint density at radius 2 is 2.04 bits per heavy atom. The number of halogens is 1. The van der Waals surface area contributed by atoms with Gasteiger partial charge in [0.1, 0.15) is 18.1 Å². The maximum absolute atomic E-state index is 12.8. The molecule has 7 heteroatoms. The van der Waals surface area contributed by atoms with E-state index in [1.54, 1.807) is 29.4 Å². The summed E-state index contributed by atoms with van der Waals surface area (Å²) >= 11 is 6.03. The lowest BCUT2D eigenvalue weighted by atomic mass is 9.95. The molecule has 0 bridgehead atoms. The van der Waals surface area contributed by atoms with Crippen molar-refractivity contribution in [2.45, 2.75) is 19.4 Å². The molecule has 0 atom stereocenters. The fourth-order valence-electron chi connectivity index (χ4n) is 3.55. The normalized spacial score (nSPS) is 16.8. The SMILES string of the molecule is O=C(NCc1ccco1)C1CCN(C(=O)C2=Cc3cc(Cl)ccc3OC2)CC1. The predicted molar refractivity (Wildman–Crippen MR) is 105 cm³/mol. The molecule has 1 aromatic carbocycles. The zero-order chi connectivity index (χ0) is 19.5. The fraction of sp³-hybridized carbons (Fsp3) is 0.333. The topological polar surface area (TPSA) is 71.8 Å². The van der Waals surface area contributed by atoms with E-state index in [0.29, 0.717) is 43.1 Å². The fourth-order valence-corrected chi connectivity index (χ4v) is 3.73. The Kier molecular flexibility index (Phi) is 5.39. The number of furan rings is 1. The van der Waals surface area contributed by atoms with Crippen molar-refractivity contribution >= 4 is 29.5 Å². The summed E-state index contributed by atoms with van der Waals surface area (Å²) in [6.07, 6.45) is 4.72. The number of ether oxygens (including phenoxy) is 1. The van der Waals surface area contributed by atoms with Crippen molar-refractivity contribution in [2.24, 2.45) is 5.92 Å². The quantitative estimate of drug-likeness (QED) is 0.855. The van der Waals surface area contributed by atoms with Gasteiger partial charge < -0.3 is 19.4 Å². The first-order chi connectivity index (χ1) is 13.6. The molecule has 0 spiro atoms. The van der Waals surface area contributed by atoms with Crippen molar-refractivity contribution in [3.05, 3.63) is 58.5 Å². The zero-order valence-electron chi connectivity index (χ0n) is 15.3. The number of benzene rings is 1. The number of likely N-dealkylation sites (tertiary alicyclic amines) is 1. The van der Waals surface area contributed by atoms with Crippen molar-refractivity contribution in [1.82, 2.24) is 10.2 Å². The molecule has 1 saturated heterocycles. The Labute approximate surface area is 168 Å². The highest BCUT2D eigenvalue weighted by atomic mass is 35.5. The Balaban J connectivity index is 1.32. The molecule has 146 valence electrons. The number of fused-ring (bicyclic) bond motifs is 1. The number of amides is 2. The van der Waals surface area contributed by atoms with Gasteiger partial charge in [0, 0.05) is 29.6 Å².